The second-order valence-electron chi connectivity index (χ2n) is 3.81. The topological polar surface area (TPSA) is 50.3 Å². The molecule has 14 heavy (non-hydrogen) atoms. The van der Waals surface area contributed by atoms with Crippen LogP contribution in [-0.4, -0.2) is 48.9 Å². The number of anilines is 2. The highest BCUT2D eigenvalue weighted by atomic mass is 15.3. The number of likely N-dealkylation sites (N-methyl/N-ethyl adjacent to an activating group) is 2. The predicted octanol–water partition coefficient (Wildman–Crippen LogP) is 0.000100. The molecule has 0 fully saturated rings. The zero-order valence-electron chi connectivity index (χ0n) is 9.36. The summed E-state index contributed by atoms with van der Waals surface area (Å²) in [7, 11) is 7.98. The Kier molecular flexibility index (Phi) is 3.35. The smallest absolute Gasteiger partial charge is 0.173 e. The van der Waals surface area contributed by atoms with E-state index in [0.29, 0.717) is 0 Å². The summed E-state index contributed by atoms with van der Waals surface area (Å²) in [5.74, 6) is 0.856. The molecule has 0 saturated carbocycles. The lowest BCUT2D eigenvalue weighted by molar-refractivity contribution is 0.416. The first-order chi connectivity index (χ1) is 6.50. The maximum atomic E-state index is 5.81. The number of hydrogen-bond acceptors (Lipinski definition) is 4. The third-order valence-electron chi connectivity index (χ3n) is 2.08. The second-order valence-corrected chi connectivity index (χ2v) is 3.81. The Hall–Kier alpha value is -1.23. The molecule has 1 aromatic heterocycles. The molecular formula is C9H19N5. The fraction of sp³-hybridized carbons (Fsp3) is 0.667. The third kappa shape index (κ3) is 2.63. The van der Waals surface area contributed by atoms with Crippen LogP contribution in [0.15, 0.2) is 6.20 Å². The first-order valence-corrected chi connectivity index (χ1v) is 4.65. The predicted molar refractivity (Wildman–Crippen MR) is 59.4 cm³/mol. The summed E-state index contributed by atoms with van der Waals surface area (Å²) >= 11 is 0. The molecule has 0 bridgehead atoms. The second kappa shape index (κ2) is 4.32. The van der Waals surface area contributed by atoms with E-state index >= 15 is 0 Å². The molecule has 0 spiro atoms. The van der Waals surface area contributed by atoms with Gasteiger partial charge < -0.3 is 15.5 Å². The van der Waals surface area contributed by atoms with Gasteiger partial charge in [-0.05, 0) is 14.1 Å². The molecule has 80 valence electrons. The first kappa shape index (κ1) is 10.8. The molecule has 0 aliphatic rings. The van der Waals surface area contributed by atoms with Crippen molar-refractivity contribution < 1.29 is 0 Å². The van der Waals surface area contributed by atoms with Crippen molar-refractivity contribution >= 4 is 11.5 Å². The normalized spacial score (nSPS) is 10.9. The number of nitrogens with two attached hydrogens (primary N) is 1. The average Bonchev–Trinajstić information content (AvgIpc) is 2.41. The van der Waals surface area contributed by atoms with E-state index in [2.05, 4.69) is 29.0 Å². The van der Waals surface area contributed by atoms with Gasteiger partial charge in [-0.3, -0.25) is 4.68 Å². The van der Waals surface area contributed by atoms with Gasteiger partial charge in [0.05, 0.1) is 5.69 Å². The highest BCUT2D eigenvalue weighted by molar-refractivity contribution is 5.61. The van der Waals surface area contributed by atoms with Crippen LogP contribution in [-0.2, 0) is 7.05 Å². The number of hydrogen-bond donors (Lipinski definition) is 1. The molecule has 5 nitrogen and oxygen atoms in total. The molecule has 2 N–H and O–H groups in total. The summed E-state index contributed by atoms with van der Waals surface area (Å²) in [6.07, 6.45) is 1.82. The summed E-state index contributed by atoms with van der Waals surface area (Å²) in [5.41, 5.74) is 6.54. The Morgan fingerprint density at radius 2 is 2.00 bits per heavy atom. The standard InChI is InChI=1S/C9H19N5/c1-12(2)5-6-13(3)9-8(10)7-14(4)11-9/h7H,5-6,10H2,1-4H3. The van der Waals surface area contributed by atoms with Crippen molar-refractivity contribution in [2.75, 3.05) is 44.9 Å². The monoisotopic (exact) mass is 197 g/mol. The highest BCUT2D eigenvalue weighted by Gasteiger charge is 2.09. The Morgan fingerprint density at radius 1 is 1.36 bits per heavy atom. The molecule has 0 saturated heterocycles. The maximum absolute atomic E-state index is 5.81. The molecule has 1 heterocycles. The van der Waals surface area contributed by atoms with Crippen molar-refractivity contribution in [2.24, 2.45) is 7.05 Å². The van der Waals surface area contributed by atoms with E-state index in [1.165, 1.54) is 0 Å². The molecule has 0 amide bonds. The minimum Gasteiger partial charge on any atom is -0.394 e. The maximum Gasteiger partial charge on any atom is 0.173 e. The van der Waals surface area contributed by atoms with Crippen LogP contribution >= 0.6 is 0 Å². The SMILES string of the molecule is CN(C)CCN(C)c1nn(C)cc1N. The number of nitrogens with zero attached hydrogens (tertiary/aromatic N) is 4. The van der Waals surface area contributed by atoms with Gasteiger partial charge in [-0.2, -0.15) is 5.10 Å². The van der Waals surface area contributed by atoms with E-state index < -0.39 is 0 Å². The van der Waals surface area contributed by atoms with E-state index in [1.807, 2.05) is 20.3 Å². The number of aryl methyl sites for hydroxylation is 1. The van der Waals surface area contributed by atoms with Gasteiger partial charge in [-0.25, -0.2) is 0 Å². The Balaban J connectivity index is 2.60. The van der Waals surface area contributed by atoms with Crippen molar-refractivity contribution in [2.45, 2.75) is 0 Å². The van der Waals surface area contributed by atoms with Crippen LogP contribution in [0.3, 0.4) is 0 Å². The van der Waals surface area contributed by atoms with Gasteiger partial charge in [-0.15, -0.1) is 0 Å². The summed E-state index contributed by atoms with van der Waals surface area (Å²) in [6, 6.07) is 0. The molecule has 5 heteroatoms. The molecule has 0 aliphatic heterocycles. The summed E-state index contributed by atoms with van der Waals surface area (Å²) in [4.78, 5) is 4.20. The quantitative estimate of drug-likeness (QED) is 0.738. The lowest BCUT2D eigenvalue weighted by atomic mass is 10.4. The fourth-order valence-corrected chi connectivity index (χ4v) is 1.25. The van der Waals surface area contributed by atoms with Gasteiger partial charge >= 0.3 is 0 Å². The molecule has 1 rings (SSSR count). The number of aromatic nitrogens is 2. The molecule has 0 atom stereocenters. The van der Waals surface area contributed by atoms with Gasteiger partial charge in [0.2, 0.25) is 0 Å². The van der Waals surface area contributed by atoms with E-state index in [9.17, 15) is 0 Å². The fourth-order valence-electron chi connectivity index (χ4n) is 1.25. The minimum absolute atomic E-state index is 0.730. The van der Waals surface area contributed by atoms with Crippen LogP contribution in [0.2, 0.25) is 0 Å². The zero-order chi connectivity index (χ0) is 10.7. The van der Waals surface area contributed by atoms with E-state index in [0.717, 1.165) is 24.6 Å². The highest BCUT2D eigenvalue weighted by Crippen LogP contribution is 2.17. The van der Waals surface area contributed by atoms with Crippen LogP contribution < -0.4 is 10.6 Å². The lowest BCUT2D eigenvalue weighted by Gasteiger charge is -2.19. The van der Waals surface area contributed by atoms with Crippen LogP contribution in [0.5, 0.6) is 0 Å². The summed E-state index contributed by atoms with van der Waals surface area (Å²) in [6.45, 7) is 1.92. The van der Waals surface area contributed by atoms with Gasteiger partial charge in [0.1, 0.15) is 0 Å². The summed E-state index contributed by atoms with van der Waals surface area (Å²) < 4.78 is 1.73. The molecule has 0 radical (unpaired) electrons. The van der Waals surface area contributed by atoms with Crippen molar-refractivity contribution in [3.63, 3.8) is 0 Å². The van der Waals surface area contributed by atoms with Crippen molar-refractivity contribution in [1.29, 1.82) is 0 Å². The molecule has 0 aromatic carbocycles. The number of nitrogen functional groups attached to an aromatic ring is 1. The summed E-state index contributed by atoms with van der Waals surface area (Å²) in [5, 5.41) is 4.29. The molecular weight excluding hydrogens is 178 g/mol. The molecule has 0 unspecified atom stereocenters. The first-order valence-electron chi connectivity index (χ1n) is 4.65. The van der Waals surface area contributed by atoms with Gasteiger partial charge in [0.15, 0.2) is 5.82 Å². The van der Waals surface area contributed by atoms with Crippen LogP contribution in [0.4, 0.5) is 11.5 Å². The van der Waals surface area contributed by atoms with Gasteiger partial charge in [0.25, 0.3) is 0 Å². The van der Waals surface area contributed by atoms with Crippen LogP contribution in [0.25, 0.3) is 0 Å². The van der Waals surface area contributed by atoms with Crippen molar-refractivity contribution in [3.8, 4) is 0 Å². The minimum atomic E-state index is 0.730. The van der Waals surface area contributed by atoms with E-state index in [-0.39, 0.29) is 0 Å². The van der Waals surface area contributed by atoms with Crippen molar-refractivity contribution in [3.05, 3.63) is 6.20 Å². The molecule has 1 aromatic rings. The third-order valence-corrected chi connectivity index (χ3v) is 2.08. The average molecular weight is 197 g/mol. The zero-order valence-corrected chi connectivity index (χ0v) is 9.36. The van der Waals surface area contributed by atoms with E-state index in [4.69, 9.17) is 5.73 Å². The number of rotatable bonds is 4. The molecule has 0 aliphatic carbocycles. The van der Waals surface area contributed by atoms with Gasteiger partial charge in [0, 0.05) is 33.4 Å². The Morgan fingerprint density at radius 3 is 2.43 bits per heavy atom. The lowest BCUT2D eigenvalue weighted by Crippen LogP contribution is -2.29. The largest absolute Gasteiger partial charge is 0.394 e. The Labute approximate surface area is 85.1 Å². The van der Waals surface area contributed by atoms with Crippen molar-refractivity contribution in [1.82, 2.24) is 14.7 Å². The van der Waals surface area contributed by atoms with E-state index in [1.54, 1.807) is 4.68 Å². The van der Waals surface area contributed by atoms with Gasteiger partial charge in [-0.1, -0.05) is 0 Å². The van der Waals surface area contributed by atoms with Crippen LogP contribution in [0, 0.1) is 0 Å². The Bertz CT molecular complexity index is 291. The van der Waals surface area contributed by atoms with Crippen LogP contribution in [0.1, 0.15) is 0 Å².